The summed E-state index contributed by atoms with van der Waals surface area (Å²) in [6.07, 6.45) is 7.50. The van der Waals surface area contributed by atoms with Crippen molar-refractivity contribution in [2.75, 3.05) is 37.7 Å². The molecule has 2 aromatic heterocycles. The Morgan fingerprint density at radius 3 is 2.11 bits per heavy atom. The van der Waals surface area contributed by atoms with E-state index in [4.69, 9.17) is 28.9 Å². The third-order valence-electron chi connectivity index (χ3n) is 18.6. The Kier molecular flexibility index (Phi) is 14.0. The lowest BCUT2D eigenvalue weighted by atomic mass is 9.62. The molecule has 402 valence electrons. The zero-order valence-corrected chi connectivity index (χ0v) is 48.3. The summed E-state index contributed by atoms with van der Waals surface area (Å²) < 4.78 is 56.1. The number of benzene rings is 4. The molecule has 0 unspecified atom stereocenters. The molecule has 1 spiro atoms. The molecule has 0 amide bonds. The third kappa shape index (κ3) is 9.12. The number of anilines is 1. The average molecular weight is 1070 g/mol. The van der Waals surface area contributed by atoms with Crippen molar-refractivity contribution in [1.82, 2.24) is 24.4 Å². The van der Waals surface area contributed by atoms with Gasteiger partial charge in [-0.2, -0.15) is 15.0 Å². The summed E-state index contributed by atoms with van der Waals surface area (Å²) in [5.41, 5.74) is 5.98. The molecule has 10 nitrogen and oxygen atoms in total. The molecule has 3 aliphatic heterocycles. The number of ether oxygens (including phenoxy) is 2. The predicted molar refractivity (Wildman–Crippen MR) is 306 cm³/mol. The molecule has 1 N–H and O–H groups in total. The number of aliphatic hydroxyl groups is 1. The van der Waals surface area contributed by atoms with E-state index in [0.29, 0.717) is 63.7 Å². The summed E-state index contributed by atoms with van der Waals surface area (Å²) in [5, 5.41) is 13.9. The highest BCUT2D eigenvalue weighted by molar-refractivity contribution is 7.00. The highest BCUT2D eigenvalue weighted by Crippen LogP contribution is 2.51. The van der Waals surface area contributed by atoms with Crippen LogP contribution in [-0.2, 0) is 0 Å². The lowest BCUT2D eigenvalue weighted by Gasteiger charge is -2.51. The number of nitrogens with zero attached hydrogens (tertiary/aromatic N) is 6. The Balaban J connectivity index is 1.12. The van der Waals surface area contributed by atoms with Crippen molar-refractivity contribution in [1.29, 1.82) is 0 Å². The Morgan fingerprint density at radius 2 is 1.49 bits per heavy atom. The van der Waals surface area contributed by atoms with Gasteiger partial charge in [0.1, 0.15) is 43.7 Å². The molecule has 4 aromatic carbocycles. The molecule has 5 fully saturated rings. The van der Waals surface area contributed by atoms with Crippen molar-refractivity contribution in [3.63, 3.8) is 0 Å². The molecule has 11 rings (SSSR count). The molecule has 0 radical (unpaired) electrons. The number of hydrogen-bond donors (Lipinski definition) is 1. The summed E-state index contributed by atoms with van der Waals surface area (Å²) in [5.74, 6) is 4.86. The molecule has 5 aliphatic rings. The fraction of sp³-hybridized carbons (Fsp3) is 0.532. The van der Waals surface area contributed by atoms with Crippen LogP contribution >= 0.6 is 0 Å². The molecule has 3 saturated heterocycles. The minimum absolute atomic E-state index is 0.00693. The van der Waals surface area contributed by atoms with Gasteiger partial charge in [-0.05, 0) is 119 Å². The highest BCUT2D eigenvalue weighted by atomic mass is 28.4. The molecular weight excluding hydrogens is 987 g/mol. The molecule has 2 atom stereocenters. The van der Waals surface area contributed by atoms with Crippen LogP contribution in [0, 0.1) is 22.7 Å². The summed E-state index contributed by atoms with van der Waals surface area (Å²) >= 11 is 0. The monoisotopic (exact) mass is 1060 g/mol. The van der Waals surface area contributed by atoms with Gasteiger partial charge >= 0.3 is 20.3 Å². The van der Waals surface area contributed by atoms with E-state index in [1.54, 1.807) is 0 Å². The van der Waals surface area contributed by atoms with Crippen LogP contribution in [0.2, 0.25) is 21.7 Å². The molecule has 14 heteroatoms. The quantitative estimate of drug-likeness (QED) is 0.0845. The van der Waals surface area contributed by atoms with Gasteiger partial charge in [0.2, 0.25) is 0 Å². The number of hydrogen-bond acceptors (Lipinski definition) is 9. The van der Waals surface area contributed by atoms with E-state index in [9.17, 15) is 5.11 Å². The standard InChI is InChI=1S/C62H78F2N6O4Si2/c1-41(2)75(42(3)4,43(5)6)32-27-51-52(64)26-25-44-33-48(74-76(60(7,8)9,49-21-12-10-13-22-49)50-23-14-11-15-24-50)34-53(54(44)51)73-59-66-56-55(70(59)46-19-16-20-46)57(68-30-17-28-61(39-68)36-47(71)37-61)67-58(65-56)72-40-62-29-18-31-69(62)38-45(63)35-62/h10-15,21-26,33-34,41-43,45-47,71H,16-20,28-31,35-40H2,1-9H3/t45-,47?,61?,62+/m1/s1. The second-order valence-corrected chi connectivity index (χ2v) is 35.1. The average Bonchev–Trinajstić information content (AvgIpc) is 4.04. The summed E-state index contributed by atoms with van der Waals surface area (Å²) in [6.45, 7) is 23.5. The molecule has 2 saturated carbocycles. The fourth-order valence-electron chi connectivity index (χ4n) is 14.8. The SMILES string of the molecule is CC(C)[Si](C#Cc1c(F)ccc2cc(O[Si](c3ccccc3)(c3ccccc3)C(C)(C)C)cc(Oc3nc4nc(OC[C@@]56CCCN5C[C@H](F)C6)nc(N5CCCC6(CC(O)C6)C5)c4n3C3CCC3)c12)(C(C)C)C(C)C. The summed E-state index contributed by atoms with van der Waals surface area (Å²) in [4.78, 5) is 20.3. The van der Waals surface area contributed by atoms with E-state index < -0.39 is 33.9 Å². The van der Waals surface area contributed by atoms with Crippen molar-refractivity contribution in [3.8, 4) is 35.0 Å². The molecule has 5 heterocycles. The Hall–Kier alpha value is -5.34. The molecule has 76 heavy (non-hydrogen) atoms. The summed E-state index contributed by atoms with van der Waals surface area (Å²) in [7, 11) is -5.51. The van der Waals surface area contributed by atoms with E-state index >= 15 is 8.78 Å². The third-order valence-corrected chi connectivity index (χ3v) is 29.8. The predicted octanol–water partition coefficient (Wildman–Crippen LogP) is 12.8. The number of aromatic nitrogens is 4. The number of halogens is 2. The highest BCUT2D eigenvalue weighted by Gasteiger charge is 2.53. The van der Waals surface area contributed by atoms with Crippen molar-refractivity contribution >= 4 is 54.5 Å². The maximum absolute atomic E-state index is 17.1. The first-order chi connectivity index (χ1) is 36.3. The van der Waals surface area contributed by atoms with Gasteiger partial charge in [-0.15, -0.1) is 5.54 Å². The lowest BCUT2D eigenvalue weighted by Crippen LogP contribution is -2.68. The van der Waals surface area contributed by atoms with Gasteiger partial charge in [-0.3, -0.25) is 9.47 Å². The Bertz CT molecular complexity index is 3100. The van der Waals surface area contributed by atoms with Crippen molar-refractivity contribution in [3.05, 3.63) is 96.3 Å². The fourth-order valence-corrected chi connectivity index (χ4v) is 24.4. The Labute approximate surface area is 451 Å². The maximum atomic E-state index is 17.1. The smallest absolute Gasteiger partial charge is 0.320 e. The number of fused-ring (bicyclic) bond motifs is 3. The zero-order chi connectivity index (χ0) is 53.4. The first-order valence-electron chi connectivity index (χ1n) is 28.4. The molecule has 0 bridgehead atoms. The van der Waals surface area contributed by atoms with Gasteiger partial charge in [-0.1, -0.05) is 135 Å². The number of imidazole rings is 1. The number of piperidine rings is 1. The Morgan fingerprint density at radius 1 is 0.816 bits per heavy atom. The van der Waals surface area contributed by atoms with Crippen molar-refractivity contribution in [2.24, 2.45) is 5.41 Å². The lowest BCUT2D eigenvalue weighted by molar-refractivity contribution is -0.0396. The minimum Gasteiger partial charge on any atom is -0.534 e. The second-order valence-electron chi connectivity index (χ2n) is 25.3. The first kappa shape index (κ1) is 52.7. The van der Waals surface area contributed by atoms with E-state index in [1.165, 1.54) is 6.07 Å². The maximum Gasteiger partial charge on any atom is 0.320 e. The first-order valence-corrected chi connectivity index (χ1v) is 32.5. The van der Waals surface area contributed by atoms with Gasteiger partial charge in [0.25, 0.3) is 0 Å². The van der Waals surface area contributed by atoms with Crippen LogP contribution in [0.15, 0.2) is 84.9 Å². The van der Waals surface area contributed by atoms with E-state index in [1.807, 2.05) is 30.3 Å². The number of rotatable bonds is 14. The van der Waals surface area contributed by atoms with Crippen LogP contribution < -0.4 is 29.2 Å². The number of aliphatic hydroxyl groups excluding tert-OH is 1. The second kappa shape index (κ2) is 20.2. The number of alkyl halides is 1. The van der Waals surface area contributed by atoms with Crippen LogP contribution in [0.25, 0.3) is 21.9 Å². The van der Waals surface area contributed by atoms with Crippen LogP contribution in [0.4, 0.5) is 14.6 Å². The van der Waals surface area contributed by atoms with Crippen LogP contribution in [-0.4, -0.2) is 96.5 Å². The molecule has 6 aromatic rings. The molecule has 2 aliphatic carbocycles. The van der Waals surface area contributed by atoms with Crippen LogP contribution in [0.5, 0.6) is 23.5 Å². The van der Waals surface area contributed by atoms with E-state index in [2.05, 4.69) is 137 Å². The van der Waals surface area contributed by atoms with Crippen LogP contribution in [0.1, 0.15) is 138 Å². The van der Waals surface area contributed by atoms with Gasteiger partial charge in [0.05, 0.1) is 17.2 Å². The van der Waals surface area contributed by atoms with Gasteiger partial charge in [-0.25, -0.2) is 8.78 Å². The van der Waals surface area contributed by atoms with Gasteiger partial charge in [0.15, 0.2) is 11.5 Å². The van der Waals surface area contributed by atoms with E-state index in [0.717, 1.165) is 105 Å². The summed E-state index contributed by atoms with van der Waals surface area (Å²) in [6, 6.07) is 29.1. The van der Waals surface area contributed by atoms with Crippen molar-refractivity contribution in [2.45, 2.75) is 172 Å². The van der Waals surface area contributed by atoms with Crippen molar-refractivity contribution < 1.29 is 27.8 Å². The van der Waals surface area contributed by atoms with E-state index in [-0.39, 0.29) is 35.2 Å². The minimum atomic E-state index is -3.18. The normalized spacial score (nSPS) is 23.3. The molecular formula is C62H78F2N6O4Si2. The largest absolute Gasteiger partial charge is 0.534 e. The van der Waals surface area contributed by atoms with Crippen LogP contribution in [0.3, 0.4) is 0 Å². The van der Waals surface area contributed by atoms with Gasteiger partial charge in [0, 0.05) is 43.5 Å². The zero-order valence-electron chi connectivity index (χ0n) is 46.3. The van der Waals surface area contributed by atoms with Gasteiger partial charge < -0.3 is 23.9 Å². The topological polar surface area (TPSA) is 98.0 Å².